The highest BCUT2D eigenvalue weighted by atomic mass is 19.1. The van der Waals surface area contributed by atoms with Crippen LogP contribution in [0.5, 0.6) is 0 Å². The van der Waals surface area contributed by atoms with Crippen molar-refractivity contribution in [3.63, 3.8) is 0 Å². The first-order valence-corrected chi connectivity index (χ1v) is 5.49. The second-order valence-electron chi connectivity index (χ2n) is 3.86. The summed E-state index contributed by atoms with van der Waals surface area (Å²) >= 11 is 0. The van der Waals surface area contributed by atoms with E-state index in [1.165, 1.54) is 10.7 Å². The van der Waals surface area contributed by atoms with E-state index >= 15 is 0 Å². The van der Waals surface area contributed by atoms with Crippen LogP contribution in [-0.2, 0) is 6.42 Å². The Morgan fingerprint density at radius 3 is 2.78 bits per heavy atom. The monoisotopic (exact) mass is 249 g/mol. The molecule has 2 rings (SSSR count). The lowest BCUT2D eigenvalue weighted by Gasteiger charge is -2.09. The van der Waals surface area contributed by atoms with Crippen molar-refractivity contribution in [1.29, 1.82) is 0 Å². The van der Waals surface area contributed by atoms with Gasteiger partial charge in [0.2, 0.25) is 0 Å². The van der Waals surface area contributed by atoms with E-state index in [1.807, 2.05) is 0 Å². The molecule has 5 nitrogen and oxygen atoms in total. The molecule has 0 amide bonds. The van der Waals surface area contributed by atoms with E-state index in [0.29, 0.717) is 17.7 Å². The summed E-state index contributed by atoms with van der Waals surface area (Å²) in [6.45, 7) is 3.51. The molecule has 0 radical (unpaired) electrons. The predicted octanol–water partition coefficient (Wildman–Crippen LogP) is 1.98. The molecule has 0 saturated carbocycles. The van der Waals surface area contributed by atoms with Gasteiger partial charge in [-0.3, -0.25) is 0 Å². The number of hydrogen-bond donors (Lipinski definition) is 1. The molecule has 0 saturated heterocycles. The number of carboxylic acids is 1. The van der Waals surface area contributed by atoms with Crippen LogP contribution in [0, 0.1) is 12.7 Å². The second-order valence-corrected chi connectivity index (χ2v) is 3.86. The Labute approximate surface area is 103 Å². The zero-order valence-corrected chi connectivity index (χ0v) is 10.0. The Morgan fingerprint density at radius 1 is 1.50 bits per heavy atom. The minimum Gasteiger partial charge on any atom is -0.476 e. The van der Waals surface area contributed by atoms with Crippen LogP contribution in [0.25, 0.3) is 5.69 Å². The molecule has 0 bridgehead atoms. The first-order chi connectivity index (χ1) is 8.56. The molecule has 1 N–H and O–H groups in total. The van der Waals surface area contributed by atoms with Gasteiger partial charge in [0, 0.05) is 0 Å². The summed E-state index contributed by atoms with van der Waals surface area (Å²) in [7, 11) is 0. The minimum atomic E-state index is -1.16. The van der Waals surface area contributed by atoms with Crippen LogP contribution in [-0.4, -0.2) is 26.1 Å². The van der Waals surface area contributed by atoms with E-state index in [1.54, 1.807) is 26.0 Å². The lowest BCUT2D eigenvalue weighted by molar-refractivity contribution is 0.0689. The van der Waals surface area contributed by atoms with Crippen LogP contribution in [0.3, 0.4) is 0 Å². The van der Waals surface area contributed by atoms with Crippen molar-refractivity contribution in [2.24, 2.45) is 0 Å². The molecule has 1 heterocycles. The van der Waals surface area contributed by atoms with E-state index in [2.05, 4.69) is 10.3 Å². The van der Waals surface area contributed by atoms with Gasteiger partial charge in [-0.05, 0) is 25.0 Å². The summed E-state index contributed by atoms with van der Waals surface area (Å²) in [5.41, 5.74) is 1.16. The Morgan fingerprint density at radius 2 is 2.22 bits per heavy atom. The molecule has 0 atom stereocenters. The molecule has 6 heteroatoms. The Hall–Kier alpha value is -2.24. The third-order valence-electron chi connectivity index (χ3n) is 2.70. The van der Waals surface area contributed by atoms with Gasteiger partial charge in [-0.15, -0.1) is 5.10 Å². The molecular formula is C12H12FN3O2. The number of para-hydroxylation sites is 1. The quantitative estimate of drug-likeness (QED) is 0.903. The van der Waals surface area contributed by atoms with Crippen LogP contribution >= 0.6 is 0 Å². The number of halogens is 1. The van der Waals surface area contributed by atoms with Gasteiger partial charge in [0.1, 0.15) is 11.5 Å². The normalized spacial score (nSPS) is 10.6. The van der Waals surface area contributed by atoms with Gasteiger partial charge in [-0.1, -0.05) is 24.3 Å². The van der Waals surface area contributed by atoms with Crippen LogP contribution in [0.15, 0.2) is 18.2 Å². The number of aromatic nitrogens is 3. The van der Waals surface area contributed by atoms with Crippen molar-refractivity contribution in [1.82, 2.24) is 15.0 Å². The van der Waals surface area contributed by atoms with E-state index in [4.69, 9.17) is 5.11 Å². The smallest absolute Gasteiger partial charge is 0.358 e. The molecule has 0 aliphatic rings. The van der Waals surface area contributed by atoms with Gasteiger partial charge in [-0.2, -0.15) is 0 Å². The maximum atomic E-state index is 13.8. The molecule has 0 aliphatic carbocycles. The SMILES string of the molecule is CCc1c(C(=O)O)nnn1-c1c(C)cccc1F. The summed E-state index contributed by atoms with van der Waals surface area (Å²) < 4.78 is 15.1. The fourth-order valence-corrected chi connectivity index (χ4v) is 1.86. The molecule has 1 aromatic heterocycles. The van der Waals surface area contributed by atoms with Gasteiger partial charge >= 0.3 is 5.97 Å². The average Bonchev–Trinajstić information content (AvgIpc) is 2.72. The number of carboxylic acid groups (broad SMARTS) is 1. The summed E-state index contributed by atoms with van der Waals surface area (Å²) in [5, 5.41) is 16.3. The van der Waals surface area contributed by atoms with Gasteiger partial charge in [0.25, 0.3) is 0 Å². The summed E-state index contributed by atoms with van der Waals surface area (Å²) in [6, 6.07) is 4.64. The van der Waals surface area contributed by atoms with Crippen molar-refractivity contribution in [3.8, 4) is 5.69 Å². The lowest BCUT2D eigenvalue weighted by atomic mass is 10.1. The van der Waals surface area contributed by atoms with Crippen molar-refractivity contribution in [2.45, 2.75) is 20.3 Å². The van der Waals surface area contributed by atoms with Crippen LogP contribution in [0.1, 0.15) is 28.7 Å². The molecule has 0 spiro atoms. The second kappa shape index (κ2) is 4.56. The topological polar surface area (TPSA) is 68.0 Å². The standard InChI is InChI=1S/C12H12FN3O2/c1-3-9-10(12(17)18)14-15-16(9)11-7(2)5-4-6-8(11)13/h4-6H,3H2,1-2H3,(H,17,18). The van der Waals surface area contributed by atoms with Crippen LogP contribution in [0.4, 0.5) is 4.39 Å². The van der Waals surface area contributed by atoms with Crippen molar-refractivity contribution in [2.75, 3.05) is 0 Å². The minimum absolute atomic E-state index is 0.139. The highest BCUT2D eigenvalue weighted by molar-refractivity contribution is 5.86. The largest absolute Gasteiger partial charge is 0.476 e. The highest BCUT2D eigenvalue weighted by Crippen LogP contribution is 2.20. The number of benzene rings is 1. The van der Waals surface area contributed by atoms with Gasteiger partial charge in [0.05, 0.1) is 5.69 Å². The summed E-state index contributed by atoms with van der Waals surface area (Å²) in [5.74, 6) is -1.61. The average molecular weight is 249 g/mol. The summed E-state index contributed by atoms with van der Waals surface area (Å²) in [4.78, 5) is 11.0. The fourth-order valence-electron chi connectivity index (χ4n) is 1.86. The van der Waals surface area contributed by atoms with Gasteiger partial charge in [0.15, 0.2) is 5.69 Å². The predicted molar refractivity (Wildman–Crippen MR) is 62.4 cm³/mol. The number of nitrogens with zero attached hydrogens (tertiary/aromatic N) is 3. The lowest BCUT2D eigenvalue weighted by Crippen LogP contribution is -2.08. The number of hydrogen-bond acceptors (Lipinski definition) is 3. The number of aryl methyl sites for hydroxylation is 1. The Bertz CT molecular complexity index is 587. The molecule has 2 aromatic rings. The van der Waals surface area contributed by atoms with Gasteiger partial charge in [-0.25, -0.2) is 13.9 Å². The third-order valence-corrected chi connectivity index (χ3v) is 2.70. The fraction of sp³-hybridized carbons (Fsp3) is 0.250. The van der Waals surface area contributed by atoms with E-state index in [0.717, 1.165) is 0 Å². The first kappa shape index (κ1) is 12.2. The number of rotatable bonds is 3. The Balaban J connectivity index is 2.68. The third kappa shape index (κ3) is 1.85. The molecule has 0 aliphatic heterocycles. The molecular weight excluding hydrogens is 237 g/mol. The van der Waals surface area contributed by atoms with Crippen LogP contribution < -0.4 is 0 Å². The van der Waals surface area contributed by atoms with Gasteiger partial charge < -0.3 is 5.11 Å². The molecule has 0 unspecified atom stereocenters. The maximum absolute atomic E-state index is 13.8. The van der Waals surface area contributed by atoms with E-state index in [-0.39, 0.29) is 11.4 Å². The number of carbonyl (C=O) groups is 1. The zero-order valence-electron chi connectivity index (χ0n) is 10.0. The molecule has 94 valence electrons. The van der Waals surface area contributed by atoms with Crippen molar-refractivity contribution < 1.29 is 14.3 Å². The highest BCUT2D eigenvalue weighted by Gasteiger charge is 2.20. The van der Waals surface area contributed by atoms with Crippen molar-refractivity contribution in [3.05, 3.63) is 41.0 Å². The summed E-state index contributed by atoms with van der Waals surface area (Å²) in [6.07, 6.45) is 0.405. The maximum Gasteiger partial charge on any atom is 0.358 e. The molecule has 0 fully saturated rings. The Kier molecular flexibility index (Phi) is 3.10. The molecule has 18 heavy (non-hydrogen) atoms. The van der Waals surface area contributed by atoms with E-state index in [9.17, 15) is 9.18 Å². The first-order valence-electron chi connectivity index (χ1n) is 5.49. The molecule has 1 aromatic carbocycles. The van der Waals surface area contributed by atoms with Crippen LogP contribution in [0.2, 0.25) is 0 Å². The zero-order chi connectivity index (χ0) is 13.3. The van der Waals surface area contributed by atoms with Crippen molar-refractivity contribution >= 4 is 5.97 Å². The number of aromatic carboxylic acids is 1. The van der Waals surface area contributed by atoms with E-state index < -0.39 is 11.8 Å².